The lowest BCUT2D eigenvalue weighted by atomic mass is 10.1. The molecular formula is C17H31IN4O3S. The first-order valence-corrected chi connectivity index (χ1v) is 10.2. The molecule has 0 amide bonds. The number of hydrogen-bond donors (Lipinski definition) is 3. The second-order valence-corrected chi connectivity index (χ2v) is 7.78. The second-order valence-electron chi connectivity index (χ2n) is 6.03. The van der Waals surface area contributed by atoms with Crippen molar-refractivity contribution >= 4 is 40.0 Å². The van der Waals surface area contributed by atoms with Crippen LogP contribution >= 0.6 is 24.0 Å². The molecule has 1 aromatic carbocycles. The minimum absolute atomic E-state index is 0. The zero-order valence-electron chi connectivity index (χ0n) is 15.7. The Hall–Kier alpha value is -0.910. The van der Waals surface area contributed by atoms with Gasteiger partial charge in [0.25, 0.3) is 0 Å². The first kappa shape index (κ1) is 25.1. The van der Waals surface area contributed by atoms with Gasteiger partial charge in [0.2, 0.25) is 10.0 Å². The molecule has 0 spiro atoms. The Labute approximate surface area is 174 Å². The molecule has 0 aliphatic heterocycles. The Bertz CT molecular complexity index is 634. The predicted molar refractivity (Wildman–Crippen MR) is 117 cm³/mol. The topological polar surface area (TPSA) is 106 Å². The second kappa shape index (κ2) is 13.3. The number of sulfonamides is 1. The van der Waals surface area contributed by atoms with Gasteiger partial charge in [-0.1, -0.05) is 24.3 Å². The van der Waals surface area contributed by atoms with Crippen molar-refractivity contribution < 1.29 is 13.2 Å². The van der Waals surface area contributed by atoms with Crippen LogP contribution in [-0.4, -0.2) is 40.2 Å². The minimum atomic E-state index is -3.31. The summed E-state index contributed by atoms with van der Waals surface area (Å²) in [4.78, 5) is 4.27. The lowest BCUT2D eigenvalue weighted by Gasteiger charge is -2.10. The SMILES string of the molecule is CCOCCCNC(N)=NCc1ccc(CS(=O)(=O)NC(C)C)cc1.I. The van der Waals surface area contributed by atoms with Gasteiger partial charge in [0.1, 0.15) is 0 Å². The Balaban J connectivity index is 0.00000625. The molecule has 9 heteroatoms. The van der Waals surface area contributed by atoms with Crippen molar-refractivity contribution in [3.05, 3.63) is 35.4 Å². The molecule has 0 unspecified atom stereocenters. The van der Waals surface area contributed by atoms with Crippen molar-refractivity contribution in [1.82, 2.24) is 10.0 Å². The Morgan fingerprint density at radius 1 is 1.23 bits per heavy atom. The van der Waals surface area contributed by atoms with Crippen LogP contribution in [0.5, 0.6) is 0 Å². The van der Waals surface area contributed by atoms with Crippen LogP contribution in [0, 0.1) is 0 Å². The Kier molecular flexibility index (Phi) is 12.8. The number of nitrogens with two attached hydrogens (primary N) is 1. The summed E-state index contributed by atoms with van der Waals surface area (Å²) in [5.74, 6) is 0.363. The van der Waals surface area contributed by atoms with Gasteiger partial charge in [-0.05, 0) is 38.3 Å². The summed E-state index contributed by atoms with van der Waals surface area (Å²) in [5, 5.41) is 3.03. The number of nitrogens with one attached hydrogen (secondary N) is 2. The molecule has 0 bridgehead atoms. The van der Waals surface area contributed by atoms with E-state index in [1.807, 2.05) is 19.1 Å². The number of aliphatic imine (C=N–C) groups is 1. The van der Waals surface area contributed by atoms with Crippen LogP contribution in [-0.2, 0) is 27.1 Å². The predicted octanol–water partition coefficient (Wildman–Crippen LogP) is 1.96. The van der Waals surface area contributed by atoms with Crippen molar-refractivity contribution in [2.24, 2.45) is 10.7 Å². The lowest BCUT2D eigenvalue weighted by Crippen LogP contribution is -2.32. The Morgan fingerprint density at radius 3 is 2.42 bits per heavy atom. The fourth-order valence-electron chi connectivity index (χ4n) is 2.13. The van der Waals surface area contributed by atoms with Crippen molar-refractivity contribution in [2.75, 3.05) is 19.8 Å². The molecule has 0 heterocycles. The first-order chi connectivity index (χ1) is 11.8. The molecule has 0 fully saturated rings. The van der Waals surface area contributed by atoms with Crippen LogP contribution in [0.3, 0.4) is 0 Å². The minimum Gasteiger partial charge on any atom is -0.382 e. The zero-order chi connectivity index (χ0) is 18.7. The molecule has 7 nitrogen and oxygen atoms in total. The van der Waals surface area contributed by atoms with E-state index in [1.54, 1.807) is 26.0 Å². The lowest BCUT2D eigenvalue weighted by molar-refractivity contribution is 0.145. The maximum absolute atomic E-state index is 11.9. The van der Waals surface area contributed by atoms with Gasteiger partial charge in [-0.2, -0.15) is 0 Å². The number of hydrogen-bond acceptors (Lipinski definition) is 4. The summed E-state index contributed by atoms with van der Waals surface area (Å²) in [7, 11) is -3.31. The van der Waals surface area contributed by atoms with Gasteiger partial charge in [-0.25, -0.2) is 18.1 Å². The third-order valence-electron chi connectivity index (χ3n) is 3.20. The number of halogens is 1. The highest BCUT2D eigenvalue weighted by molar-refractivity contribution is 14.0. The van der Waals surface area contributed by atoms with Crippen molar-refractivity contribution in [2.45, 2.75) is 45.5 Å². The van der Waals surface area contributed by atoms with Gasteiger partial charge in [0, 0.05) is 25.8 Å². The summed E-state index contributed by atoms with van der Waals surface area (Å²) in [6.07, 6.45) is 0.873. The molecule has 1 aromatic rings. The van der Waals surface area contributed by atoms with Gasteiger partial charge < -0.3 is 15.8 Å². The van der Waals surface area contributed by atoms with Gasteiger partial charge in [0.15, 0.2) is 5.96 Å². The number of ether oxygens (including phenoxy) is 1. The van der Waals surface area contributed by atoms with Crippen LogP contribution in [0.25, 0.3) is 0 Å². The average Bonchev–Trinajstić information content (AvgIpc) is 2.52. The van der Waals surface area contributed by atoms with Crippen molar-refractivity contribution in [3.63, 3.8) is 0 Å². The van der Waals surface area contributed by atoms with Gasteiger partial charge >= 0.3 is 0 Å². The molecule has 0 saturated heterocycles. The Morgan fingerprint density at radius 2 is 1.85 bits per heavy atom. The van der Waals surface area contributed by atoms with Crippen LogP contribution in [0.1, 0.15) is 38.3 Å². The highest BCUT2D eigenvalue weighted by atomic mass is 127. The quantitative estimate of drug-likeness (QED) is 0.187. The molecular weight excluding hydrogens is 467 g/mol. The molecule has 4 N–H and O–H groups in total. The third-order valence-corrected chi connectivity index (χ3v) is 4.75. The monoisotopic (exact) mass is 498 g/mol. The molecule has 26 heavy (non-hydrogen) atoms. The van der Waals surface area contributed by atoms with Crippen LogP contribution in [0.2, 0.25) is 0 Å². The van der Waals surface area contributed by atoms with Gasteiger partial charge in [0.05, 0.1) is 12.3 Å². The number of guanidine groups is 1. The molecule has 0 saturated carbocycles. The van der Waals surface area contributed by atoms with Gasteiger partial charge in [-0.15, -0.1) is 24.0 Å². The van der Waals surface area contributed by atoms with E-state index in [0.717, 1.165) is 24.1 Å². The largest absolute Gasteiger partial charge is 0.382 e. The maximum atomic E-state index is 11.9. The standard InChI is InChI=1S/C17H30N4O3S.HI/c1-4-24-11-5-10-19-17(18)20-12-15-6-8-16(9-7-15)13-25(22,23)21-14(2)3;/h6-9,14,21H,4-5,10-13H2,1-3H3,(H3,18,19,20);1H. The molecule has 0 radical (unpaired) electrons. The molecule has 0 aromatic heterocycles. The van der Waals surface area contributed by atoms with E-state index >= 15 is 0 Å². The van der Waals surface area contributed by atoms with E-state index in [-0.39, 0.29) is 35.8 Å². The van der Waals surface area contributed by atoms with Crippen molar-refractivity contribution in [1.29, 1.82) is 0 Å². The zero-order valence-corrected chi connectivity index (χ0v) is 18.8. The number of benzene rings is 1. The summed E-state index contributed by atoms with van der Waals surface area (Å²) in [6, 6.07) is 7.23. The van der Waals surface area contributed by atoms with Gasteiger partial charge in [-0.3, -0.25) is 0 Å². The first-order valence-electron chi connectivity index (χ1n) is 8.51. The molecule has 0 atom stereocenters. The highest BCUT2D eigenvalue weighted by Crippen LogP contribution is 2.09. The van der Waals surface area contributed by atoms with Crippen LogP contribution < -0.4 is 15.8 Å². The third kappa shape index (κ3) is 11.7. The number of nitrogens with zero attached hydrogens (tertiary/aromatic N) is 1. The molecule has 0 aliphatic carbocycles. The van der Waals surface area contributed by atoms with E-state index < -0.39 is 10.0 Å². The molecule has 1 rings (SSSR count). The summed E-state index contributed by atoms with van der Waals surface area (Å²) in [5.41, 5.74) is 7.51. The average molecular weight is 498 g/mol. The highest BCUT2D eigenvalue weighted by Gasteiger charge is 2.12. The smallest absolute Gasteiger partial charge is 0.216 e. The van der Waals surface area contributed by atoms with E-state index in [9.17, 15) is 8.42 Å². The molecule has 150 valence electrons. The van der Waals surface area contributed by atoms with E-state index in [0.29, 0.717) is 25.7 Å². The normalized spacial score (nSPS) is 12.1. The fourth-order valence-corrected chi connectivity index (χ4v) is 3.56. The summed E-state index contributed by atoms with van der Waals surface area (Å²) < 4.78 is 31.6. The fraction of sp³-hybridized carbons (Fsp3) is 0.588. The van der Waals surface area contributed by atoms with E-state index in [2.05, 4.69) is 15.0 Å². The summed E-state index contributed by atoms with van der Waals surface area (Å²) >= 11 is 0. The number of rotatable bonds is 11. The maximum Gasteiger partial charge on any atom is 0.216 e. The van der Waals surface area contributed by atoms with Crippen LogP contribution in [0.4, 0.5) is 0 Å². The van der Waals surface area contributed by atoms with Crippen LogP contribution in [0.15, 0.2) is 29.3 Å². The van der Waals surface area contributed by atoms with Crippen molar-refractivity contribution in [3.8, 4) is 0 Å². The summed E-state index contributed by atoms with van der Waals surface area (Å²) in [6.45, 7) is 8.14. The van der Waals surface area contributed by atoms with E-state index in [1.165, 1.54) is 0 Å². The van der Waals surface area contributed by atoms with E-state index in [4.69, 9.17) is 10.5 Å². The molecule has 0 aliphatic rings.